The van der Waals surface area contributed by atoms with Crippen LogP contribution in [-0.2, 0) is 17.8 Å². The van der Waals surface area contributed by atoms with Gasteiger partial charge in [0.2, 0.25) is 5.91 Å². The van der Waals surface area contributed by atoms with E-state index in [0.29, 0.717) is 19.4 Å². The van der Waals surface area contributed by atoms with Crippen LogP contribution in [0.5, 0.6) is 0 Å². The molecule has 0 atom stereocenters. The highest BCUT2D eigenvalue weighted by molar-refractivity contribution is 5.77. The smallest absolute Gasteiger partial charge is 0.220 e. The summed E-state index contributed by atoms with van der Waals surface area (Å²) in [6.07, 6.45) is 4.66. The van der Waals surface area contributed by atoms with Crippen LogP contribution in [0.3, 0.4) is 0 Å². The molecular weight excluding hydrogens is 264 g/mol. The Balaban J connectivity index is 1.51. The third kappa shape index (κ3) is 3.45. The summed E-state index contributed by atoms with van der Waals surface area (Å²) in [6, 6.07) is 11.7. The third-order valence-corrected chi connectivity index (χ3v) is 3.25. The SMILES string of the molecule is O=C(CCc1cccnc1)NCc1nc2ccccc2[nH]1. The Hall–Kier alpha value is -2.69. The van der Waals surface area contributed by atoms with E-state index in [9.17, 15) is 4.79 Å². The molecule has 0 spiro atoms. The van der Waals surface area contributed by atoms with Gasteiger partial charge in [-0.1, -0.05) is 18.2 Å². The van der Waals surface area contributed by atoms with Crippen LogP contribution in [0.2, 0.25) is 0 Å². The summed E-state index contributed by atoms with van der Waals surface area (Å²) in [5.41, 5.74) is 2.96. The quantitative estimate of drug-likeness (QED) is 0.752. The van der Waals surface area contributed by atoms with Crippen molar-refractivity contribution in [2.75, 3.05) is 0 Å². The number of aryl methyl sites for hydroxylation is 1. The lowest BCUT2D eigenvalue weighted by Gasteiger charge is -2.03. The second-order valence-electron chi connectivity index (χ2n) is 4.84. The molecule has 2 aromatic heterocycles. The number of carbonyl (C=O) groups excluding carboxylic acids is 1. The lowest BCUT2D eigenvalue weighted by atomic mass is 10.1. The van der Waals surface area contributed by atoms with Crippen molar-refractivity contribution in [2.24, 2.45) is 0 Å². The summed E-state index contributed by atoms with van der Waals surface area (Å²) in [5.74, 6) is 0.783. The van der Waals surface area contributed by atoms with Gasteiger partial charge in [0.1, 0.15) is 5.82 Å². The zero-order valence-electron chi connectivity index (χ0n) is 11.5. The van der Waals surface area contributed by atoms with Gasteiger partial charge in [0.05, 0.1) is 17.6 Å². The lowest BCUT2D eigenvalue weighted by molar-refractivity contribution is -0.121. The Morgan fingerprint density at radius 3 is 2.90 bits per heavy atom. The molecule has 0 aliphatic carbocycles. The fourth-order valence-electron chi connectivity index (χ4n) is 2.16. The highest BCUT2D eigenvalue weighted by Crippen LogP contribution is 2.10. The van der Waals surface area contributed by atoms with Gasteiger partial charge in [-0.25, -0.2) is 4.98 Å². The summed E-state index contributed by atoms with van der Waals surface area (Å²) in [4.78, 5) is 23.5. The minimum Gasteiger partial charge on any atom is -0.349 e. The Bertz CT molecular complexity index is 703. The number of pyridine rings is 1. The van der Waals surface area contributed by atoms with E-state index >= 15 is 0 Å². The molecule has 3 aromatic rings. The summed E-state index contributed by atoms with van der Waals surface area (Å²) in [5, 5.41) is 2.88. The lowest BCUT2D eigenvalue weighted by Crippen LogP contribution is -2.23. The van der Waals surface area contributed by atoms with Gasteiger partial charge in [0.15, 0.2) is 0 Å². The maximum absolute atomic E-state index is 11.8. The monoisotopic (exact) mass is 280 g/mol. The van der Waals surface area contributed by atoms with Gasteiger partial charge in [0.25, 0.3) is 0 Å². The molecule has 2 N–H and O–H groups in total. The molecule has 0 unspecified atom stereocenters. The van der Waals surface area contributed by atoms with Crippen molar-refractivity contribution in [3.63, 3.8) is 0 Å². The average Bonchev–Trinajstić information content (AvgIpc) is 2.95. The maximum Gasteiger partial charge on any atom is 0.220 e. The molecule has 2 heterocycles. The fourth-order valence-corrected chi connectivity index (χ4v) is 2.16. The summed E-state index contributed by atoms with van der Waals surface area (Å²) in [6.45, 7) is 0.417. The number of carbonyl (C=O) groups is 1. The topological polar surface area (TPSA) is 70.7 Å². The van der Waals surface area contributed by atoms with Gasteiger partial charge in [-0.15, -0.1) is 0 Å². The molecule has 5 heteroatoms. The number of hydrogen-bond donors (Lipinski definition) is 2. The van der Waals surface area contributed by atoms with E-state index < -0.39 is 0 Å². The molecule has 5 nitrogen and oxygen atoms in total. The minimum absolute atomic E-state index is 0.0132. The standard InChI is InChI=1S/C16H16N4O/c21-16(8-7-12-4-3-9-17-10-12)18-11-15-19-13-5-1-2-6-14(13)20-15/h1-6,9-10H,7-8,11H2,(H,18,21)(H,19,20). The first-order valence-electron chi connectivity index (χ1n) is 6.90. The van der Waals surface area contributed by atoms with Crippen molar-refractivity contribution in [3.8, 4) is 0 Å². The number of H-pyrrole nitrogens is 1. The number of aromatic amines is 1. The van der Waals surface area contributed by atoms with E-state index in [-0.39, 0.29) is 5.91 Å². The number of nitrogens with one attached hydrogen (secondary N) is 2. The number of fused-ring (bicyclic) bond motifs is 1. The molecule has 21 heavy (non-hydrogen) atoms. The third-order valence-electron chi connectivity index (χ3n) is 3.25. The van der Waals surface area contributed by atoms with Crippen molar-refractivity contribution in [1.29, 1.82) is 0 Å². The van der Waals surface area contributed by atoms with Gasteiger partial charge < -0.3 is 10.3 Å². The molecule has 0 fully saturated rings. The van der Waals surface area contributed by atoms with Gasteiger partial charge in [0, 0.05) is 18.8 Å². The number of imidazole rings is 1. The second kappa shape index (κ2) is 6.17. The van der Waals surface area contributed by atoms with Gasteiger partial charge in [-0.05, 0) is 30.2 Å². The van der Waals surface area contributed by atoms with Crippen LogP contribution < -0.4 is 5.32 Å². The fraction of sp³-hybridized carbons (Fsp3) is 0.188. The Kier molecular flexibility index (Phi) is 3.91. The predicted molar refractivity (Wildman–Crippen MR) is 80.5 cm³/mol. The van der Waals surface area contributed by atoms with Gasteiger partial charge in [-0.3, -0.25) is 9.78 Å². The number of benzene rings is 1. The highest BCUT2D eigenvalue weighted by Gasteiger charge is 2.05. The zero-order chi connectivity index (χ0) is 14.5. The molecule has 3 rings (SSSR count). The largest absolute Gasteiger partial charge is 0.349 e. The number of hydrogen-bond acceptors (Lipinski definition) is 3. The number of aromatic nitrogens is 3. The molecule has 0 aliphatic rings. The van der Waals surface area contributed by atoms with Gasteiger partial charge in [-0.2, -0.15) is 0 Å². The normalized spacial score (nSPS) is 10.7. The number of rotatable bonds is 5. The van der Waals surface area contributed by atoms with E-state index in [0.717, 1.165) is 22.4 Å². The van der Waals surface area contributed by atoms with Crippen LogP contribution in [0.1, 0.15) is 17.8 Å². The van der Waals surface area contributed by atoms with Crippen LogP contribution >= 0.6 is 0 Å². The number of para-hydroxylation sites is 2. The minimum atomic E-state index is 0.0132. The van der Waals surface area contributed by atoms with E-state index in [2.05, 4.69) is 20.3 Å². The van der Waals surface area contributed by atoms with Crippen LogP contribution in [-0.4, -0.2) is 20.9 Å². The maximum atomic E-state index is 11.8. The second-order valence-corrected chi connectivity index (χ2v) is 4.84. The molecule has 1 amide bonds. The summed E-state index contributed by atoms with van der Waals surface area (Å²) in [7, 11) is 0. The van der Waals surface area contributed by atoms with E-state index in [1.807, 2.05) is 36.4 Å². The first-order valence-corrected chi connectivity index (χ1v) is 6.90. The van der Waals surface area contributed by atoms with E-state index in [4.69, 9.17) is 0 Å². The molecule has 0 bridgehead atoms. The Morgan fingerprint density at radius 1 is 1.19 bits per heavy atom. The summed E-state index contributed by atoms with van der Waals surface area (Å²) < 4.78 is 0. The van der Waals surface area contributed by atoms with Crippen LogP contribution in [0.15, 0.2) is 48.8 Å². The van der Waals surface area contributed by atoms with Crippen molar-refractivity contribution in [2.45, 2.75) is 19.4 Å². The van der Waals surface area contributed by atoms with Crippen LogP contribution in [0, 0.1) is 0 Å². The number of amides is 1. The van der Waals surface area contributed by atoms with Crippen LogP contribution in [0.25, 0.3) is 11.0 Å². The first kappa shape index (κ1) is 13.3. The van der Waals surface area contributed by atoms with E-state index in [1.54, 1.807) is 12.4 Å². The molecule has 0 saturated heterocycles. The highest BCUT2D eigenvalue weighted by atomic mass is 16.1. The molecule has 0 aliphatic heterocycles. The Labute approximate surface area is 122 Å². The van der Waals surface area contributed by atoms with Crippen molar-refractivity contribution >= 4 is 16.9 Å². The molecule has 0 radical (unpaired) electrons. The van der Waals surface area contributed by atoms with E-state index in [1.165, 1.54) is 0 Å². The molecule has 1 aromatic carbocycles. The predicted octanol–water partition coefficient (Wildman–Crippen LogP) is 2.21. The summed E-state index contributed by atoms with van der Waals surface area (Å²) >= 11 is 0. The first-order chi connectivity index (χ1) is 10.3. The van der Waals surface area contributed by atoms with Crippen molar-refractivity contribution in [1.82, 2.24) is 20.3 Å². The molecular formula is C16H16N4O. The van der Waals surface area contributed by atoms with Crippen LogP contribution in [0.4, 0.5) is 0 Å². The Morgan fingerprint density at radius 2 is 2.10 bits per heavy atom. The average molecular weight is 280 g/mol. The van der Waals surface area contributed by atoms with Gasteiger partial charge >= 0.3 is 0 Å². The van der Waals surface area contributed by atoms with Crippen molar-refractivity contribution < 1.29 is 4.79 Å². The zero-order valence-corrected chi connectivity index (χ0v) is 11.5. The molecule has 106 valence electrons. The number of nitrogens with zero attached hydrogens (tertiary/aromatic N) is 2. The molecule has 0 saturated carbocycles. The van der Waals surface area contributed by atoms with Crippen molar-refractivity contribution in [3.05, 3.63) is 60.2 Å².